The zero-order valence-corrected chi connectivity index (χ0v) is 14.4. The van der Waals surface area contributed by atoms with Gasteiger partial charge in [-0.1, -0.05) is 12.1 Å². The summed E-state index contributed by atoms with van der Waals surface area (Å²) in [6.45, 7) is 0.998. The summed E-state index contributed by atoms with van der Waals surface area (Å²) in [6.07, 6.45) is 1.95. The van der Waals surface area contributed by atoms with Gasteiger partial charge in [0, 0.05) is 33.6 Å². The van der Waals surface area contributed by atoms with E-state index in [1.165, 1.54) is 18.2 Å². The largest absolute Gasteiger partial charge is 0.354 e. The van der Waals surface area contributed by atoms with Crippen molar-refractivity contribution in [2.75, 3.05) is 6.54 Å². The van der Waals surface area contributed by atoms with Gasteiger partial charge in [-0.3, -0.25) is 9.63 Å². The zero-order valence-electron chi connectivity index (χ0n) is 14.4. The number of carbonyl (C=O) groups excluding carboxylic acids is 1. The van der Waals surface area contributed by atoms with Crippen molar-refractivity contribution < 1.29 is 18.4 Å². The van der Waals surface area contributed by atoms with Crippen LogP contribution in [0.4, 0.5) is 8.78 Å². The Kier molecular flexibility index (Phi) is 3.73. The second-order valence-electron chi connectivity index (χ2n) is 6.96. The van der Waals surface area contributed by atoms with Gasteiger partial charge in [0.15, 0.2) is 0 Å². The van der Waals surface area contributed by atoms with E-state index in [4.69, 9.17) is 4.84 Å². The van der Waals surface area contributed by atoms with Gasteiger partial charge >= 0.3 is 0 Å². The highest BCUT2D eigenvalue weighted by atomic mass is 19.1. The van der Waals surface area contributed by atoms with Crippen LogP contribution in [0.25, 0.3) is 22.2 Å². The molecule has 5 nitrogen and oxygen atoms in total. The predicted octanol–water partition coefficient (Wildman–Crippen LogP) is 3.71. The summed E-state index contributed by atoms with van der Waals surface area (Å²) in [5.41, 5.74) is 5.59. The van der Waals surface area contributed by atoms with E-state index in [0.717, 1.165) is 19.4 Å². The Morgan fingerprint density at radius 3 is 2.81 bits per heavy atom. The molecular weight excluding hydrogens is 352 g/mol. The summed E-state index contributed by atoms with van der Waals surface area (Å²) in [7, 11) is 0. The lowest BCUT2D eigenvalue weighted by atomic mass is 9.98. The van der Waals surface area contributed by atoms with Crippen LogP contribution < -0.4 is 10.8 Å². The van der Waals surface area contributed by atoms with Crippen LogP contribution in [0.5, 0.6) is 0 Å². The van der Waals surface area contributed by atoms with Gasteiger partial charge in [0.2, 0.25) is 0 Å². The molecule has 138 valence electrons. The Hall–Kier alpha value is -2.77. The lowest BCUT2D eigenvalue weighted by molar-refractivity contribution is 0.0255. The van der Waals surface area contributed by atoms with Crippen molar-refractivity contribution in [2.24, 2.45) is 0 Å². The van der Waals surface area contributed by atoms with Crippen molar-refractivity contribution in [3.05, 3.63) is 58.7 Å². The van der Waals surface area contributed by atoms with E-state index < -0.39 is 11.7 Å². The first-order valence-corrected chi connectivity index (χ1v) is 8.91. The van der Waals surface area contributed by atoms with Gasteiger partial charge in [-0.05, 0) is 37.6 Å². The number of hydroxylamine groups is 1. The Balaban J connectivity index is 1.67. The molecule has 0 aliphatic carbocycles. The first-order chi connectivity index (χ1) is 13.1. The molecule has 2 aliphatic rings. The number of aromatic nitrogens is 1. The number of nitrogens with one attached hydrogen (secondary N) is 3. The van der Waals surface area contributed by atoms with E-state index >= 15 is 0 Å². The quantitative estimate of drug-likeness (QED) is 0.645. The SMILES string of the molecule is O=C1NOCc2c(-c3ccc([C@@H]4CCCN4)c(F)c3)[nH]c3cc(F)cc1c23. The van der Waals surface area contributed by atoms with Gasteiger partial charge in [0.1, 0.15) is 18.2 Å². The fraction of sp³-hybridized carbons (Fsp3) is 0.250. The summed E-state index contributed by atoms with van der Waals surface area (Å²) >= 11 is 0. The maximum absolute atomic E-state index is 14.8. The Bertz CT molecular complexity index is 1070. The van der Waals surface area contributed by atoms with Crippen LogP contribution in [-0.2, 0) is 11.4 Å². The summed E-state index contributed by atoms with van der Waals surface area (Å²) in [4.78, 5) is 20.5. The highest BCUT2D eigenvalue weighted by Gasteiger charge is 2.25. The lowest BCUT2D eigenvalue weighted by Gasteiger charge is -2.13. The highest BCUT2D eigenvalue weighted by molar-refractivity contribution is 6.09. The predicted molar refractivity (Wildman–Crippen MR) is 95.9 cm³/mol. The number of hydrogen-bond donors (Lipinski definition) is 3. The number of rotatable bonds is 2. The molecule has 3 aromatic rings. The number of benzene rings is 2. The van der Waals surface area contributed by atoms with Crippen molar-refractivity contribution in [1.29, 1.82) is 0 Å². The van der Waals surface area contributed by atoms with Crippen molar-refractivity contribution >= 4 is 16.8 Å². The summed E-state index contributed by atoms with van der Waals surface area (Å²) in [5.74, 6) is -1.31. The van der Waals surface area contributed by atoms with E-state index in [-0.39, 0.29) is 24.0 Å². The van der Waals surface area contributed by atoms with Crippen LogP contribution in [0.1, 0.15) is 40.4 Å². The molecule has 5 rings (SSSR count). The van der Waals surface area contributed by atoms with Crippen LogP contribution in [0.15, 0.2) is 30.3 Å². The van der Waals surface area contributed by atoms with Crippen molar-refractivity contribution in [3.63, 3.8) is 0 Å². The second kappa shape index (κ2) is 6.14. The topological polar surface area (TPSA) is 66.2 Å². The van der Waals surface area contributed by atoms with Crippen LogP contribution in [0, 0.1) is 11.6 Å². The number of hydrogen-bond acceptors (Lipinski definition) is 3. The van der Waals surface area contributed by atoms with Gasteiger partial charge in [-0.2, -0.15) is 0 Å². The normalized spacial score (nSPS) is 19.3. The Labute approximate surface area is 153 Å². The van der Waals surface area contributed by atoms with Crippen LogP contribution in [-0.4, -0.2) is 17.4 Å². The summed E-state index contributed by atoms with van der Waals surface area (Å²) in [5, 5.41) is 3.90. The summed E-state index contributed by atoms with van der Waals surface area (Å²) < 4.78 is 28.7. The van der Waals surface area contributed by atoms with E-state index in [0.29, 0.717) is 33.3 Å². The number of carbonyl (C=O) groups is 1. The maximum Gasteiger partial charge on any atom is 0.275 e. The average molecular weight is 369 g/mol. The molecule has 1 fully saturated rings. The van der Waals surface area contributed by atoms with Gasteiger partial charge in [-0.25, -0.2) is 14.3 Å². The van der Waals surface area contributed by atoms with Crippen LogP contribution >= 0.6 is 0 Å². The first kappa shape index (κ1) is 16.4. The molecule has 1 amide bonds. The minimum Gasteiger partial charge on any atom is -0.354 e. The molecule has 7 heteroatoms. The second-order valence-corrected chi connectivity index (χ2v) is 6.96. The maximum atomic E-state index is 14.8. The zero-order chi connectivity index (χ0) is 18.5. The fourth-order valence-electron chi connectivity index (χ4n) is 4.08. The van der Waals surface area contributed by atoms with Crippen molar-refractivity contribution in [1.82, 2.24) is 15.8 Å². The van der Waals surface area contributed by atoms with Crippen LogP contribution in [0.3, 0.4) is 0 Å². The van der Waals surface area contributed by atoms with Crippen molar-refractivity contribution in [2.45, 2.75) is 25.5 Å². The minimum absolute atomic E-state index is 0.0363. The third-order valence-corrected chi connectivity index (χ3v) is 5.32. The smallest absolute Gasteiger partial charge is 0.275 e. The Morgan fingerprint density at radius 1 is 1.15 bits per heavy atom. The number of amides is 1. The molecule has 0 spiro atoms. The lowest BCUT2D eigenvalue weighted by Crippen LogP contribution is -2.21. The molecule has 1 atom stereocenters. The molecule has 0 unspecified atom stereocenters. The van der Waals surface area contributed by atoms with Gasteiger partial charge in [-0.15, -0.1) is 0 Å². The summed E-state index contributed by atoms with van der Waals surface area (Å²) in [6, 6.07) is 7.66. The monoisotopic (exact) mass is 369 g/mol. The van der Waals surface area contributed by atoms with Crippen LogP contribution in [0.2, 0.25) is 0 Å². The molecule has 3 N–H and O–H groups in total. The van der Waals surface area contributed by atoms with E-state index in [9.17, 15) is 13.6 Å². The molecule has 1 saturated heterocycles. The standard InChI is InChI=1S/C20H17F2N3O2/c21-11-7-13-18-14(9-27-25-20(13)26)19(24-17(18)8-11)10-3-4-12(15(22)6-10)16-2-1-5-23-16/h3-4,6-8,16,23-24H,1-2,5,9H2,(H,25,26)/t16-/m0/s1. The molecule has 1 aromatic heterocycles. The van der Waals surface area contributed by atoms with E-state index in [1.807, 2.05) is 6.07 Å². The molecular formula is C20H17F2N3O2. The molecule has 2 aromatic carbocycles. The number of aromatic amines is 1. The molecule has 0 bridgehead atoms. The van der Waals surface area contributed by atoms with E-state index in [2.05, 4.69) is 15.8 Å². The molecule has 0 saturated carbocycles. The van der Waals surface area contributed by atoms with Gasteiger partial charge in [0.05, 0.1) is 11.3 Å². The molecule has 0 radical (unpaired) electrons. The van der Waals surface area contributed by atoms with Gasteiger partial charge in [0.25, 0.3) is 5.91 Å². The fourth-order valence-corrected chi connectivity index (χ4v) is 4.08. The first-order valence-electron chi connectivity index (χ1n) is 8.91. The van der Waals surface area contributed by atoms with E-state index in [1.54, 1.807) is 6.07 Å². The number of H-pyrrole nitrogens is 1. The minimum atomic E-state index is -0.525. The third kappa shape index (κ3) is 2.62. The molecule has 2 aliphatic heterocycles. The van der Waals surface area contributed by atoms with Gasteiger partial charge < -0.3 is 10.3 Å². The Morgan fingerprint density at radius 2 is 2.04 bits per heavy atom. The number of halogens is 2. The molecule has 27 heavy (non-hydrogen) atoms. The average Bonchev–Trinajstić information content (AvgIpc) is 3.25. The molecule has 3 heterocycles. The highest BCUT2D eigenvalue weighted by Crippen LogP contribution is 2.36. The van der Waals surface area contributed by atoms with Crippen molar-refractivity contribution in [3.8, 4) is 11.3 Å². The third-order valence-electron chi connectivity index (χ3n) is 5.32.